The molecule has 3 rings (SSSR count). The highest BCUT2D eigenvalue weighted by molar-refractivity contribution is 5.82. The lowest BCUT2D eigenvalue weighted by atomic mass is 10.1. The van der Waals surface area contributed by atoms with Crippen LogP contribution in [-0.2, 0) is 4.79 Å². The number of carbonyl (C=O) groups excluding carboxylic acids is 1. The van der Waals surface area contributed by atoms with Crippen molar-refractivity contribution in [3.8, 4) is 0 Å². The smallest absolute Gasteiger partial charge is 0.220 e. The molecule has 2 heteroatoms. The maximum absolute atomic E-state index is 10.1. The van der Waals surface area contributed by atoms with Gasteiger partial charge in [0.1, 0.15) is 0 Å². The second-order valence-corrected chi connectivity index (χ2v) is 3.80. The molecule has 2 nitrogen and oxygen atoms in total. The number of fused-ring (bicyclic) bond motifs is 1. The van der Waals surface area contributed by atoms with Gasteiger partial charge in [0, 0.05) is 13.0 Å². The zero-order valence-corrected chi connectivity index (χ0v) is 9.15. The third kappa shape index (κ3) is 2.83. The van der Waals surface area contributed by atoms with Gasteiger partial charge in [-0.1, -0.05) is 48.5 Å². The van der Waals surface area contributed by atoms with E-state index in [2.05, 4.69) is 53.8 Å². The van der Waals surface area contributed by atoms with Crippen molar-refractivity contribution in [1.82, 2.24) is 5.32 Å². The van der Waals surface area contributed by atoms with Gasteiger partial charge in [0.25, 0.3) is 0 Å². The average molecular weight is 213 g/mol. The molecule has 16 heavy (non-hydrogen) atoms. The Morgan fingerprint density at radius 3 is 1.62 bits per heavy atom. The Bertz CT molecular complexity index is 405. The Labute approximate surface area is 95.3 Å². The number of hydrogen-bond donors (Lipinski definition) is 1. The summed E-state index contributed by atoms with van der Waals surface area (Å²) >= 11 is 0. The lowest BCUT2D eigenvalue weighted by molar-refractivity contribution is -0.119. The lowest BCUT2D eigenvalue weighted by Gasteiger charge is -1.92. The van der Waals surface area contributed by atoms with Crippen LogP contribution in [0.1, 0.15) is 12.8 Å². The number of amides is 1. The fraction of sp³-hybridized carbons (Fsp3) is 0.214. The summed E-state index contributed by atoms with van der Waals surface area (Å²) in [6.45, 7) is 0.888. The van der Waals surface area contributed by atoms with Crippen LogP contribution in [0.15, 0.2) is 48.5 Å². The van der Waals surface area contributed by atoms with Crippen molar-refractivity contribution < 1.29 is 4.79 Å². The number of hydrogen-bond acceptors (Lipinski definition) is 1. The second kappa shape index (κ2) is 5.31. The van der Waals surface area contributed by atoms with Crippen molar-refractivity contribution in [2.45, 2.75) is 12.8 Å². The predicted molar refractivity (Wildman–Crippen MR) is 66.2 cm³/mol. The van der Waals surface area contributed by atoms with E-state index in [1.54, 1.807) is 0 Å². The van der Waals surface area contributed by atoms with Crippen LogP contribution in [0.5, 0.6) is 0 Å². The Kier molecular flexibility index (Phi) is 3.54. The molecule has 1 aliphatic rings. The number of nitrogens with one attached hydrogen (secondary N) is 1. The van der Waals surface area contributed by atoms with E-state index in [1.165, 1.54) is 10.8 Å². The molecule has 1 N–H and O–H groups in total. The quantitative estimate of drug-likeness (QED) is 0.716. The van der Waals surface area contributed by atoms with Crippen LogP contribution in [0.25, 0.3) is 10.8 Å². The minimum Gasteiger partial charge on any atom is -0.356 e. The summed E-state index contributed by atoms with van der Waals surface area (Å²) in [5.41, 5.74) is 0. The van der Waals surface area contributed by atoms with Gasteiger partial charge in [-0.05, 0) is 17.2 Å². The third-order valence-electron chi connectivity index (χ3n) is 2.56. The van der Waals surface area contributed by atoms with Crippen LogP contribution in [0.2, 0.25) is 0 Å². The van der Waals surface area contributed by atoms with Crippen LogP contribution in [0, 0.1) is 0 Å². The van der Waals surface area contributed by atoms with Crippen molar-refractivity contribution in [2.24, 2.45) is 0 Å². The van der Waals surface area contributed by atoms with Crippen molar-refractivity contribution in [2.75, 3.05) is 6.54 Å². The molecule has 0 radical (unpaired) electrons. The highest BCUT2D eigenvalue weighted by Gasteiger charge is 2.05. The molecule has 1 saturated heterocycles. The van der Waals surface area contributed by atoms with Gasteiger partial charge >= 0.3 is 0 Å². The monoisotopic (exact) mass is 213 g/mol. The first kappa shape index (κ1) is 10.7. The molecule has 1 amide bonds. The largest absolute Gasteiger partial charge is 0.356 e. The van der Waals surface area contributed by atoms with Gasteiger partial charge in [0.05, 0.1) is 0 Å². The van der Waals surface area contributed by atoms with Crippen molar-refractivity contribution in [1.29, 1.82) is 0 Å². The number of carbonyl (C=O) groups is 1. The topological polar surface area (TPSA) is 29.1 Å². The predicted octanol–water partition coefficient (Wildman–Crippen LogP) is 2.74. The highest BCUT2D eigenvalue weighted by Crippen LogP contribution is 2.11. The van der Waals surface area contributed by atoms with Gasteiger partial charge in [0.2, 0.25) is 5.91 Å². The zero-order chi connectivity index (χ0) is 11.2. The first-order chi connectivity index (χ1) is 7.86. The fourth-order valence-electron chi connectivity index (χ4n) is 1.70. The molecule has 1 heterocycles. The van der Waals surface area contributed by atoms with Gasteiger partial charge in [0.15, 0.2) is 0 Å². The molecule has 0 atom stereocenters. The average Bonchev–Trinajstić information content (AvgIpc) is 2.81. The van der Waals surface area contributed by atoms with Crippen molar-refractivity contribution >= 4 is 16.7 Å². The summed E-state index contributed by atoms with van der Waals surface area (Å²) in [5, 5.41) is 5.30. The van der Waals surface area contributed by atoms with Gasteiger partial charge in [-0.2, -0.15) is 0 Å². The Morgan fingerprint density at radius 1 is 0.875 bits per heavy atom. The number of benzene rings is 2. The Balaban J connectivity index is 0.000000138. The zero-order valence-electron chi connectivity index (χ0n) is 9.15. The summed E-state index contributed by atoms with van der Waals surface area (Å²) in [7, 11) is 0. The third-order valence-corrected chi connectivity index (χ3v) is 2.56. The van der Waals surface area contributed by atoms with Crippen LogP contribution in [0.3, 0.4) is 0 Å². The Morgan fingerprint density at radius 2 is 1.38 bits per heavy atom. The minimum absolute atomic E-state index is 0.204. The molecule has 2 aromatic rings. The summed E-state index contributed by atoms with van der Waals surface area (Å²) < 4.78 is 0. The van der Waals surface area contributed by atoms with Crippen LogP contribution < -0.4 is 5.32 Å². The van der Waals surface area contributed by atoms with Crippen LogP contribution >= 0.6 is 0 Å². The summed E-state index contributed by atoms with van der Waals surface area (Å²) in [6.07, 6.45) is 1.76. The Hall–Kier alpha value is -1.83. The molecule has 82 valence electrons. The molecular formula is C14H15NO. The van der Waals surface area contributed by atoms with E-state index in [0.29, 0.717) is 0 Å². The molecule has 0 unspecified atom stereocenters. The van der Waals surface area contributed by atoms with E-state index in [0.717, 1.165) is 19.4 Å². The first-order valence-electron chi connectivity index (χ1n) is 5.57. The molecule has 0 saturated carbocycles. The summed E-state index contributed by atoms with van der Waals surface area (Å²) in [6, 6.07) is 16.7. The normalized spacial score (nSPS) is 14.1. The van der Waals surface area contributed by atoms with Gasteiger partial charge in [-0.15, -0.1) is 0 Å². The lowest BCUT2D eigenvalue weighted by Crippen LogP contribution is -2.12. The standard InChI is InChI=1S/C10H8.C4H7NO/c1-2-6-10-8-4-3-7-9(10)5-1;6-4-2-1-3-5-4/h1-8H;1-3H2,(H,5,6). The SMILES string of the molecule is O=C1CCCN1.c1ccc2ccccc2c1. The number of rotatable bonds is 0. The van der Waals surface area contributed by atoms with Crippen molar-refractivity contribution in [3.63, 3.8) is 0 Å². The maximum atomic E-state index is 10.1. The van der Waals surface area contributed by atoms with E-state index in [9.17, 15) is 4.79 Å². The molecule has 1 fully saturated rings. The van der Waals surface area contributed by atoms with Crippen molar-refractivity contribution in [3.05, 3.63) is 48.5 Å². The summed E-state index contributed by atoms with van der Waals surface area (Å²) in [4.78, 5) is 10.1. The van der Waals surface area contributed by atoms with E-state index >= 15 is 0 Å². The first-order valence-corrected chi connectivity index (χ1v) is 5.57. The molecule has 0 aromatic heterocycles. The van der Waals surface area contributed by atoms with E-state index < -0.39 is 0 Å². The van der Waals surface area contributed by atoms with E-state index in [-0.39, 0.29) is 5.91 Å². The maximum Gasteiger partial charge on any atom is 0.220 e. The molecule has 0 spiro atoms. The van der Waals surface area contributed by atoms with Crippen LogP contribution in [0.4, 0.5) is 0 Å². The van der Waals surface area contributed by atoms with Gasteiger partial charge < -0.3 is 5.32 Å². The van der Waals surface area contributed by atoms with Gasteiger partial charge in [-0.25, -0.2) is 0 Å². The highest BCUT2D eigenvalue weighted by atomic mass is 16.1. The minimum atomic E-state index is 0.204. The molecule has 1 aliphatic heterocycles. The van der Waals surface area contributed by atoms with Crippen LogP contribution in [-0.4, -0.2) is 12.5 Å². The molecule has 0 bridgehead atoms. The van der Waals surface area contributed by atoms with E-state index in [1.807, 2.05) is 0 Å². The second-order valence-electron chi connectivity index (χ2n) is 3.80. The molecule has 0 aliphatic carbocycles. The molecular weight excluding hydrogens is 198 g/mol. The summed E-state index contributed by atoms with van der Waals surface area (Å²) in [5.74, 6) is 0.204. The molecule has 2 aromatic carbocycles. The van der Waals surface area contributed by atoms with Gasteiger partial charge in [-0.3, -0.25) is 4.79 Å². The van der Waals surface area contributed by atoms with E-state index in [4.69, 9.17) is 0 Å². The fourth-order valence-corrected chi connectivity index (χ4v) is 1.70.